The fourth-order valence-corrected chi connectivity index (χ4v) is 2.93. The number of pyridine rings is 2. The van der Waals surface area contributed by atoms with Crippen LogP contribution in [0.2, 0.25) is 0 Å². The summed E-state index contributed by atoms with van der Waals surface area (Å²) in [6.07, 6.45) is 0. The van der Waals surface area contributed by atoms with Gasteiger partial charge in [0.1, 0.15) is 5.82 Å². The predicted octanol–water partition coefficient (Wildman–Crippen LogP) is 1.59. The number of hydrogen-bond donors (Lipinski definition) is 2. The molecule has 4 rings (SSSR count). The van der Waals surface area contributed by atoms with Gasteiger partial charge in [0, 0.05) is 37.0 Å². The number of hydrogen-bond acceptors (Lipinski definition) is 5. The van der Waals surface area contributed by atoms with E-state index >= 15 is 0 Å². The number of H-pyrrole nitrogens is 1. The Hall–Kier alpha value is -2.44. The normalized spacial score (nSPS) is 16.5. The third-order valence-corrected chi connectivity index (χ3v) is 4.14. The van der Waals surface area contributed by atoms with Crippen molar-refractivity contribution in [1.29, 1.82) is 0 Å². The van der Waals surface area contributed by atoms with E-state index in [0.717, 1.165) is 35.3 Å². The minimum absolute atomic E-state index is 0.0912. The Kier molecular flexibility index (Phi) is 3.06. The fraction of sp³-hybridized carbons (Fsp3) is 0.250. The monoisotopic (exact) mass is 296 g/mol. The summed E-state index contributed by atoms with van der Waals surface area (Å²) in [6, 6.07) is 11.3. The van der Waals surface area contributed by atoms with Crippen molar-refractivity contribution in [3.05, 3.63) is 46.8 Å². The summed E-state index contributed by atoms with van der Waals surface area (Å²) in [5, 5.41) is 12.3. The zero-order chi connectivity index (χ0) is 15.1. The third kappa shape index (κ3) is 2.13. The molecule has 3 aromatic rings. The quantitative estimate of drug-likeness (QED) is 0.667. The number of rotatable bonds is 1. The highest BCUT2D eigenvalue weighted by Crippen LogP contribution is 2.23. The highest BCUT2D eigenvalue weighted by atomic mass is 16.5. The summed E-state index contributed by atoms with van der Waals surface area (Å²) in [7, 11) is 0. The summed E-state index contributed by atoms with van der Waals surface area (Å²) in [5.41, 5.74) is 1.46. The molecule has 2 aromatic heterocycles. The highest BCUT2D eigenvalue weighted by molar-refractivity contribution is 6.03. The molecule has 0 amide bonds. The van der Waals surface area contributed by atoms with Crippen LogP contribution in [0.3, 0.4) is 0 Å². The van der Waals surface area contributed by atoms with Crippen molar-refractivity contribution >= 4 is 27.6 Å². The van der Waals surface area contributed by atoms with Gasteiger partial charge in [-0.2, -0.15) is 5.06 Å². The average molecular weight is 296 g/mol. The molecule has 1 aliphatic heterocycles. The van der Waals surface area contributed by atoms with E-state index in [-0.39, 0.29) is 5.56 Å². The van der Waals surface area contributed by atoms with Crippen molar-refractivity contribution in [1.82, 2.24) is 15.0 Å². The molecule has 6 nitrogen and oxygen atoms in total. The number of nitrogens with zero attached hydrogens (tertiary/aromatic N) is 3. The standard InChI is InChI=1S/C16H16N4O2/c21-16-12-4-2-1-3-11(12)15-13(17-16)5-6-14(18-15)19-7-9-20(22)10-8-19/h1-6,22H,7-10H2,(H,17,21). The summed E-state index contributed by atoms with van der Waals surface area (Å²) in [4.78, 5) is 21.9. The maximum absolute atomic E-state index is 12.1. The Morgan fingerprint density at radius 3 is 2.50 bits per heavy atom. The summed E-state index contributed by atoms with van der Waals surface area (Å²) in [6.45, 7) is 2.67. The van der Waals surface area contributed by atoms with Crippen LogP contribution in [0, 0.1) is 0 Å². The SMILES string of the molecule is O=c1[nH]c2ccc(N3CCN(O)CC3)nc2c2ccccc12. The number of hydroxylamine groups is 2. The lowest BCUT2D eigenvalue weighted by Gasteiger charge is -2.32. The van der Waals surface area contributed by atoms with Gasteiger partial charge in [-0.1, -0.05) is 18.2 Å². The Morgan fingerprint density at radius 1 is 1.00 bits per heavy atom. The van der Waals surface area contributed by atoms with E-state index in [1.54, 1.807) is 0 Å². The molecule has 3 heterocycles. The molecule has 0 aliphatic carbocycles. The van der Waals surface area contributed by atoms with Gasteiger partial charge in [0.05, 0.1) is 11.0 Å². The molecule has 0 unspecified atom stereocenters. The topological polar surface area (TPSA) is 72.5 Å². The van der Waals surface area contributed by atoms with Gasteiger partial charge in [-0.3, -0.25) is 4.79 Å². The van der Waals surface area contributed by atoms with Crippen LogP contribution in [0.4, 0.5) is 5.82 Å². The first-order valence-electron chi connectivity index (χ1n) is 7.33. The number of aromatic amines is 1. The maximum Gasteiger partial charge on any atom is 0.256 e. The van der Waals surface area contributed by atoms with Gasteiger partial charge in [0.2, 0.25) is 0 Å². The molecule has 112 valence electrons. The minimum Gasteiger partial charge on any atom is -0.354 e. The zero-order valence-electron chi connectivity index (χ0n) is 12.0. The minimum atomic E-state index is -0.0912. The molecule has 1 saturated heterocycles. The van der Waals surface area contributed by atoms with Crippen molar-refractivity contribution in [2.75, 3.05) is 31.1 Å². The molecule has 22 heavy (non-hydrogen) atoms. The molecular weight excluding hydrogens is 280 g/mol. The first-order chi connectivity index (χ1) is 10.7. The number of piperazine rings is 1. The van der Waals surface area contributed by atoms with E-state index in [0.29, 0.717) is 18.5 Å². The van der Waals surface area contributed by atoms with Crippen LogP contribution in [0.25, 0.3) is 21.8 Å². The summed E-state index contributed by atoms with van der Waals surface area (Å²) < 4.78 is 0. The Balaban J connectivity index is 1.88. The highest BCUT2D eigenvalue weighted by Gasteiger charge is 2.17. The van der Waals surface area contributed by atoms with Crippen molar-refractivity contribution in [2.45, 2.75) is 0 Å². The fourth-order valence-electron chi connectivity index (χ4n) is 2.93. The molecule has 0 spiro atoms. The zero-order valence-corrected chi connectivity index (χ0v) is 12.0. The number of nitrogens with one attached hydrogen (secondary N) is 1. The van der Waals surface area contributed by atoms with Gasteiger partial charge in [-0.05, 0) is 18.2 Å². The number of anilines is 1. The second kappa shape index (κ2) is 5.08. The van der Waals surface area contributed by atoms with Gasteiger partial charge in [-0.15, -0.1) is 0 Å². The van der Waals surface area contributed by atoms with E-state index < -0.39 is 0 Å². The Bertz CT molecular complexity index is 897. The lowest BCUT2D eigenvalue weighted by atomic mass is 10.1. The van der Waals surface area contributed by atoms with Crippen LogP contribution in [0.15, 0.2) is 41.2 Å². The van der Waals surface area contributed by atoms with Crippen LogP contribution >= 0.6 is 0 Å². The summed E-state index contributed by atoms with van der Waals surface area (Å²) >= 11 is 0. The van der Waals surface area contributed by atoms with Crippen LogP contribution in [-0.2, 0) is 0 Å². The van der Waals surface area contributed by atoms with Crippen molar-refractivity contribution in [3.8, 4) is 0 Å². The summed E-state index contributed by atoms with van der Waals surface area (Å²) in [5.74, 6) is 0.873. The average Bonchev–Trinajstić information content (AvgIpc) is 2.56. The number of aromatic nitrogens is 2. The smallest absolute Gasteiger partial charge is 0.256 e. The molecule has 6 heteroatoms. The third-order valence-electron chi connectivity index (χ3n) is 4.14. The second-order valence-electron chi connectivity index (χ2n) is 5.51. The van der Waals surface area contributed by atoms with Crippen LogP contribution < -0.4 is 10.5 Å². The van der Waals surface area contributed by atoms with E-state index in [1.165, 1.54) is 5.06 Å². The van der Waals surface area contributed by atoms with Gasteiger partial charge < -0.3 is 15.1 Å². The van der Waals surface area contributed by atoms with Crippen LogP contribution in [-0.4, -0.2) is 46.4 Å². The largest absolute Gasteiger partial charge is 0.354 e. The van der Waals surface area contributed by atoms with Gasteiger partial charge in [0.25, 0.3) is 5.56 Å². The lowest BCUT2D eigenvalue weighted by Crippen LogP contribution is -2.45. The molecule has 0 atom stereocenters. The van der Waals surface area contributed by atoms with Crippen LogP contribution in [0.5, 0.6) is 0 Å². The maximum atomic E-state index is 12.1. The first kappa shape index (κ1) is 13.2. The molecular formula is C16H16N4O2. The van der Waals surface area contributed by atoms with E-state index in [4.69, 9.17) is 4.98 Å². The Morgan fingerprint density at radius 2 is 1.73 bits per heavy atom. The van der Waals surface area contributed by atoms with Crippen LogP contribution in [0.1, 0.15) is 0 Å². The molecule has 0 radical (unpaired) electrons. The van der Waals surface area contributed by atoms with Gasteiger partial charge in [-0.25, -0.2) is 4.98 Å². The van der Waals surface area contributed by atoms with Crippen molar-refractivity contribution < 1.29 is 5.21 Å². The number of benzene rings is 1. The Labute approximate surface area is 126 Å². The molecule has 1 fully saturated rings. The van der Waals surface area contributed by atoms with Gasteiger partial charge >= 0.3 is 0 Å². The van der Waals surface area contributed by atoms with E-state index in [9.17, 15) is 10.0 Å². The van der Waals surface area contributed by atoms with Crippen molar-refractivity contribution in [3.63, 3.8) is 0 Å². The molecule has 1 aromatic carbocycles. The van der Waals surface area contributed by atoms with Crippen molar-refractivity contribution in [2.24, 2.45) is 0 Å². The lowest BCUT2D eigenvalue weighted by molar-refractivity contribution is -0.0936. The second-order valence-corrected chi connectivity index (χ2v) is 5.51. The predicted molar refractivity (Wildman–Crippen MR) is 85.4 cm³/mol. The molecule has 2 N–H and O–H groups in total. The molecule has 1 aliphatic rings. The van der Waals surface area contributed by atoms with E-state index in [2.05, 4.69) is 9.88 Å². The molecule has 0 bridgehead atoms. The van der Waals surface area contributed by atoms with E-state index in [1.807, 2.05) is 36.4 Å². The molecule has 0 saturated carbocycles. The van der Waals surface area contributed by atoms with Gasteiger partial charge in [0.15, 0.2) is 0 Å². The number of fused-ring (bicyclic) bond motifs is 3. The first-order valence-corrected chi connectivity index (χ1v) is 7.33.